The van der Waals surface area contributed by atoms with Gasteiger partial charge in [-0.1, -0.05) is 62.8 Å². The number of amides is 2. The Morgan fingerprint density at radius 2 is 1.98 bits per heavy atom. The highest BCUT2D eigenvalue weighted by Gasteiger charge is 2.77. The summed E-state index contributed by atoms with van der Waals surface area (Å²) in [6.45, 7) is 12.7. The topological polar surface area (TPSA) is 87.2 Å². The van der Waals surface area contributed by atoms with Gasteiger partial charge in [-0.05, 0) is 43.6 Å². The van der Waals surface area contributed by atoms with E-state index in [0.717, 1.165) is 44.1 Å². The molecule has 40 heavy (non-hydrogen) atoms. The summed E-state index contributed by atoms with van der Waals surface area (Å²) in [5, 5.41) is 10.6. The number of hydrogen-bond donors (Lipinski definition) is 1. The molecule has 2 amide bonds. The standard InChI is InChI=1S/C32H44N2O5S/c1-5-8-10-14-19-39-31(38)26-25-20-22(4)32(40-25)27(26)29(36)34(24(21-35)23-15-12-11-13-16-23)28(32)30(37)33(17-7-3)18-9-6-2/h5,7,11-13,15-16,22,24-28,35H,1,3,6,8-10,14,17-21H2,2,4H3/t22?,24-,25+,26-,27+,28?,32?/m1/s1. The monoisotopic (exact) mass is 568 g/mol. The maximum absolute atomic E-state index is 14.5. The number of hydrogen-bond acceptors (Lipinski definition) is 6. The molecule has 3 unspecified atom stereocenters. The van der Waals surface area contributed by atoms with E-state index < -0.39 is 28.7 Å². The number of rotatable bonds is 15. The minimum absolute atomic E-state index is 0.0407. The molecule has 0 aliphatic carbocycles. The lowest BCUT2D eigenvalue weighted by Gasteiger charge is -2.42. The maximum Gasteiger partial charge on any atom is 0.310 e. The average molecular weight is 569 g/mol. The third-order valence-electron chi connectivity index (χ3n) is 8.87. The molecule has 1 aromatic carbocycles. The molecule has 218 valence electrons. The molecule has 1 spiro atoms. The minimum Gasteiger partial charge on any atom is -0.465 e. The fourth-order valence-corrected chi connectivity index (χ4v) is 9.39. The predicted octanol–water partition coefficient (Wildman–Crippen LogP) is 4.77. The average Bonchev–Trinajstić information content (AvgIpc) is 3.55. The Kier molecular flexibility index (Phi) is 10.2. The van der Waals surface area contributed by atoms with E-state index in [2.05, 4.69) is 27.0 Å². The van der Waals surface area contributed by atoms with E-state index in [1.165, 1.54) is 0 Å². The highest BCUT2D eigenvalue weighted by Crippen LogP contribution is 2.69. The van der Waals surface area contributed by atoms with Crippen molar-refractivity contribution in [1.82, 2.24) is 9.80 Å². The summed E-state index contributed by atoms with van der Waals surface area (Å²) in [4.78, 5) is 46.0. The summed E-state index contributed by atoms with van der Waals surface area (Å²) in [5.41, 5.74) is 0.768. The lowest BCUT2D eigenvalue weighted by molar-refractivity contribution is -0.155. The first-order valence-corrected chi connectivity index (χ1v) is 15.6. The van der Waals surface area contributed by atoms with Gasteiger partial charge in [0.05, 0.1) is 35.8 Å². The van der Waals surface area contributed by atoms with Crippen LogP contribution < -0.4 is 0 Å². The van der Waals surface area contributed by atoms with Crippen molar-refractivity contribution in [2.24, 2.45) is 17.8 Å². The molecular weight excluding hydrogens is 524 g/mol. The van der Waals surface area contributed by atoms with E-state index in [4.69, 9.17) is 4.74 Å². The molecule has 1 aromatic rings. The highest BCUT2D eigenvalue weighted by atomic mass is 32.2. The largest absolute Gasteiger partial charge is 0.465 e. The summed E-state index contributed by atoms with van der Waals surface area (Å²) in [5.74, 6) is -1.94. The fourth-order valence-electron chi connectivity index (χ4n) is 7.00. The van der Waals surface area contributed by atoms with E-state index in [1.807, 2.05) is 36.4 Å². The molecule has 7 atom stereocenters. The van der Waals surface area contributed by atoms with Gasteiger partial charge in [-0.2, -0.15) is 0 Å². The molecule has 3 aliphatic rings. The summed E-state index contributed by atoms with van der Waals surface area (Å²) in [6, 6.07) is 7.89. The van der Waals surface area contributed by atoms with Crippen LogP contribution in [0.3, 0.4) is 0 Å². The molecular formula is C32H44N2O5S. The third kappa shape index (κ3) is 5.37. The predicted molar refractivity (Wildman–Crippen MR) is 158 cm³/mol. The van der Waals surface area contributed by atoms with Gasteiger partial charge < -0.3 is 19.6 Å². The van der Waals surface area contributed by atoms with Crippen LogP contribution in [0.1, 0.15) is 64.0 Å². The SMILES string of the molecule is C=CCCCCOC(=O)[C@@H]1[C@@H]2CC(C)C3(S2)C(C(=O)N(CC=C)CCCC)N([C@H](CO)c2ccccc2)C(=O)[C@H]13. The second-order valence-electron chi connectivity index (χ2n) is 11.3. The number of allylic oxidation sites excluding steroid dienone is 1. The smallest absolute Gasteiger partial charge is 0.310 e. The lowest BCUT2D eigenvalue weighted by Crippen LogP contribution is -2.58. The number of thioether (sulfide) groups is 1. The number of carbonyl (C=O) groups excluding carboxylic acids is 3. The summed E-state index contributed by atoms with van der Waals surface area (Å²) >= 11 is 1.64. The van der Waals surface area contributed by atoms with Gasteiger partial charge in [0.15, 0.2) is 0 Å². The van der Waals surface area contributed by atoms with Crippen molar-refractivity contribution in [3.05, 3.63) is 61.2 Å². The Morgan fingerprint density at radius 3 is 2.62 bits per heavy atom. The van der Waals surface area contributed by atoms with Crippen LogP contribution in [-0.4, -0.2) is 75.0 Å². The Balaban J connectivity index is 1.75. The molecule has 0 aromatic heterocycles. The zero-order valence-corrected chi connectivity index (χ0v) is 24.7. The van der Waals surface area contributed by atoms with Crippen molar-refractivity contribution >= 4 is 29.5 Å². The Labute approximate surface area is 243 Å². The van der Waals surface area contributed by atoms with E-state index in [-0.39, 0.29) is 35.6 Å². The number of aliphatic hydroxyl groups excluding tert-OH is 1. The van der Waals surface area contributed by atoms with E-state index in [1.54, 1.807) is 27.6 Å². The van der Waals surface area contributed by atoms with Crippen LogP contribution in [0.15, 0.2) is 55.6 Å². The van der Waals surface area contributed by atoms with Gasteiger partial charge in [0.1, 0.15) is 6.04 Å². The number of ether oxygens (including phenoxy) is 1. The fraction of sp³-hybridized carbons (Fsp3) is 0.594. The van der Waals surface area contributed by atoms with E-state index >= 15 is 0 Å². The van der Waals surface area contributed by atoms with Gasteiger partial charge in [-0.15, -0.1) is 24.9 Å². The first-order chi connectivity index (χ1) is 19.4. The van der Waals surface area contributed by atoms with Gasteiger partial charge >= 0.3 is 5.97 Å². The van der Waals surface area contributed by atoms with Crippen molar-refractivity contribution in [3.63, 3.8) is 0 Å². The minimum atomic E-state index is -0.797. The third-order valence-corrected chi connectivity index (χ3v) is 10.9. The molecule has 3 saturated heterocycles. The molecule has 4 rings (SSSR count). The van der Waals surface area contributed by atoms with E-state index in [0.29, 0.717) is 19.7 Å². The van der Waals surface area contributed by atoms with Crippen molar-refractivity contribution in [2.75, 3.05) is 26.3 Å². The second kappa shape index (κ2) is 13.4. The van der Waals surface area contributed by atoms with Crippen LogP contribution in [0, 0.1) is 17.8 Å². The van der Waals surface area contributed by atoms with Gasteiger partial charge in [0, 0.05) is 18.3 Å². The zero-order valence-electron chi connectivity index (χ0n) is 23.9. The number of benzene rings is 1. The van der Waals surface area contributed by atoms with Crippen LogP contribution >= 0.6 is 11.8 Å². The number of esters is 1. The zero-order chi connectivity index (χ0) is 28.9. The summed E-state index contributed by atoms with van der Waals surface area (Å²) < 4.78 is 4.98. The van der Waals surface area contributed by atoms with E-state index in [9.17, 15) is 19.5 Å². The van der Waals surface area contributed by atoms with Crippen LogP contribution in [0.4, 0.5) is 0 Å². The Bertz CT molecular complexity index is 1080. The molecule has 3 aliphatic heterocycles. The van der Waals surface area contributed by atoms with Crippen LogP contribution in [0.2, 0.25) is 0 Å². The number of carbonyl (C=O) groups is 3. The van der Waals surface area contributed by atoms with Crippen LogP contribution in [-0.2, 0) is 19.1 Å². The summed E-state index contributed by atoms with van der Waals surface area (Å²) in [6.07, 6.45) is 8.57. The van der Waals surface area contributed by atoms with Crippen molar-refractivity contribution in [1.29, 1.82) is 0 Å². The van der Waals surface area contributed by atoms with Crippen molar-refractivity contribution in [2.45, 2.75) is 74.5 Å². The summed E-state index contributed by atoms with van der Waals surface area (Å²) in [7, 11) is 0. The Morgan fingerprint density at radius 1 is 1.23 bits per heavy atom. The number of aliphatic hydroxyl groups is 1. The van der Waals surface area contributed by atoms with Crippen LogP contribution in [0.5, 0.6) is 0 Å². The molecule has 7 nitrogen and oxygen atoms in total. The number of likely N-dealkylation sites (tertiary alicyclic amines) is 1. The number of fused-ring (bicyclic) bond motifs is 1. The van der Waals surface area contributed by atoms with Crippen LogP contribution in [0.25, 0.3) is 0 Å². The highest BCUT2D eigenvalue weighted by molar-refractivity contribution is 8.02. The molecule has 0 radical (unpaired) electrons. The quantitative estimate of drug-likeness (QED) is 0.186. The normalized spacial score (nSPS) is 29.2. The van der Waals surface area contributed by atoms with Crippen molar-refractivity contribution in [3.8, 4) is 0 Å². The molecule has 3 heterocycles. The number of nitrogens with zero attached hydrogens (tertiary/aromatic N) is 2. The van der Waals surface area contributed by atoms with Gasteiger partial charge in [0.2, 0.25) is 11.8 Å². The second-order valence-corrected chi connectivity index (χ2v) is 12.8. The first kappa shape index (κ1) is 30.4. The van der Waals surface area contributed by atoms with Gasteiger partial charge in [0.25, 0.3) is 0 Å². The molecule has 2 bridgehead atoms. The molecule has 0 saturated carbocycles. The molecule has 3 fully saturated rings. The van der Waals surface area contributed by atoms with Crippen molar-refractivity contribution < 1.29 is 24.2 Å². The first-order valence-electron chi connectivity index (χ1n) is 14.7. The number of unbranched alkanes of at least 4 members (excludes halogenated alkanes) is 3. The van der Waals surface area contributed by atoms with Gasteiger partial charge in [-0.3, -0.25) is 14.4 Å². The maximum atomic E-state index is 14.5. The molecule has 8 heteroatoms. The Hall–Kier alpha value is -2.58. The lowest BCUT2D eigenvalue weighted by atomic mass is 9.66. The molecule has 1 N–H and O–H groups in total. The van der Waals surface area contributed by atoms with Gasteiger partial charge in [-0.25, -0.2) is 0 Å².